The second-order valence-corrected chi connectivity index (χ2v) is 8.63. The minimum absolute atomic E-state index is 0.0289. The molecule has 0 spiro atoms. The van der Waals surface area contributed by atoms with E-state index in [0.29, 0.717) is 17.3 Å². The van der Waals surface area contributed by atoms with Crippen molar-refractivity contribution >= 4 is 38.9 Å². The van der Waals surface area contributed by atoms with Crippen molar-refractivity contribution in [1.29, 1.82) is 0 Å². The molecule has 3 N–H and O–H groups in total. The van der Waals surface area contributed by atoms with E-state index in [0.717, 1.165) is 31.1 Å². The average Bonchev–Trinajstić information content (AvgIpc) is 2.66. The number of benzene rings is 1. The van der Waals surface area contributed by atoms with Gasteiger partial charge < -0.3 is 10.6 Å². The summed E-state index contributed by atoms with van der Waals surface area (Å²) in [5.74, 6) is 0.719. The van der Waals surface area contributed by atoms with Crippen LogP contribution >= 0.6 is 11.6 Å². The number of nitrogens with zero attached hydrogens (tertiary/aromatic N) is 2. The van der Waals surface area contributed by atoms with E-state index in [9.17, 15) is 12.8 Å². The number of rotatable bonds is 7. The molecule has 7 nitrogen and oxygen atoms in total. The van der Waals surface area contributed by atoms with E-state index in [4.69, 9.17) is 11.6 Å². The summed E-state index contributed by atoms with van der Waals surface area (Å²) in [7, 11) is -3.40. The van der Waals surface area contributed by atoms with E-state index in [1.165, 1.54) is 18.5 Å². The normalized spacial score (nSPS) is 19.8. The summed E-state index contributed by atoms with van der Waals surface area (Å²) in [5.41, 5.74) is 0.617. The minimum atomic E-state index is -3.40. The van der Waals surface area contributed by atoms with Gasteiger partial charge in [0.05, 0.1) is 5.02 Å². The van der Waals surface area contributed by atoms with Crippen LogP contribution in [0, 0.1) is 5.82 Å². The third-order valence-corrected chi connectivity index (χ3v) is 5.88. The molecule has 0 aliphatic heterocycles. The molecule has 1 aromatic heterocycles. The van der Waals surface area contributed by atoms with Crippen molar-refractivity contribution in [2.75, 3.05) is 10.6 Å². The SMILES string of the molecule is C=CS(=O)(=O)NC1CCC(Nc2cc(Nc3ccc(F)c(Cl)c3)ncn2)CC1. The molecule has 1 heterocycles. The molecule has 10 heteroatoms. The lowest BCUT2D eigenvalue weighted by Crippen LogP contribution is -2.39. The summed E-state index contributed by atoms with van der Waals surface area (Å²) in [6.07, 6.45) is 4.51. The fraction of sp³-hybridized carbons (Fsp3) is 0.333. The van der Waals surface area contributed by atoms with Crippen molar-refractivity contribution in [1.82, 2.24) is 14.7 Å². The first-order chi connectivity index (χ1) is 13.3. The molecule has 1 saturated carbocycles. The van der Waals surface area contributed by atoms with Gasteiger partial charge in [0.25, 0.3) is 0 Å². The Bertz CT molecular complexity index is 949. The topological polar surface area (TPSA) is 96.0 Å². The number of hydrogen-bond donors (Lipinski definition) is 3. The Morgan fingerprint density at radius 1 is 1.11 bits per heavy atom. The molecule has 2 aromatic rings. The van der Waals surface area contributed by atoms with E-state index in [1.54, 1.807) is 12.1 Å². The van der Waals surface area contributed by atoms with Crippen molar-refractivity contribution in [2.45, 2.75) is 37.8 Å². The van der Waals surface area contributed by atoms with Gasteiger partial charge in [-0.25, -0.2) is 27.5 Å². The first-order valence-corrected chi connectivity index (χ1v) is 10.7. The van der Waals surface area contributed by atoms with Crippen molar-refractivity contribution in [3.8, 4) is 0 Å². The predicted molar refractivity (Wildman–Crippen MR) is 109 cm³/mol. The molecule has 0 unspecified atom stereocenters. The third-order valence-electron chi connectivity index (χ3n) is 4.49. The van der Waals surface area contributed by atoms with Crippen molar-refractivity contribution < 1.29 is 12.8 Å². The summed E-state index contributed by atoms with van der Waals surface area (Å²) in [6, 6.07) is 6.20. The molecule has 28 heavy (non-hydrogen) atoms. The quantitative estimate of drug-likeness (QED) is 0.624. The van der Waals surface area contributed by atoms with Crippen LogP contribution in [0.1, 0.15) is 25.7 Å². The summed E-state index contributed by atoms with van der Waals surface area (Å²) < 4.78 is 39.0. The highest BCUT2D eigenvalue weighted by Gasteiger charge is 2.24. The van der Waals surface area contributed by atoms with Gasteiger partial charge in [0.15, 0.2) is 0 Å². The van der Waals surface area contributed by atoms with Gasteiger partial charge in [-0.2, -0.15) is 0 Å². The molecule has 0 bridgehead atoms. The number of nitrogens with one attached hydrogen (secondary N) is 3. The van der Waals surface area contributed by atoms with E-state index in [2.05, 4.69) is 31.9 Å². The summed E-state index contributed by atoms with van der Waals surface area (Å²) in [6.45, 7) is 3.31. The molecule has 0 saturated heterocycles. The highest BCUT2D eigenvalue weighted by Crippen LogP contribution is 2.25. The van der Waals surface area contributed by atoms with Crippen LogP contribution in [0.2, 0.25) is 5.02 Å². The van der Waals surface area contributed by atoms with Gasteiger partial charge in [0.2, 0.25) is 10.0 Å². The highest BCUT2D eigenvalue weighted by molar-refractivity contribution is 7.92. The number of halogens is 2. The van der Waals surface area contributed by atoms with Gasteiger partial charge in [-0.15, -0.1) is 0 Å². The Labute approximate surface area is 168 Å². The van der Waals surface area contributed by atoms with Gasteiger partial charge >= 0.3 is 0 Å². The zero-order valence-electron chi connectivity index (χ0n) is 15.0. The Morgan fingerprint density at radius 3 is 2.46 bits per heavy atom. The lowest BCUT2D eigenvalue weighted by Gasteiger charge is -2.29. The smallest absolute Gasteiger partial charge is 0.233 e. The molecule has 0 amide bonds. The summed E-state index contributed by atoms with van der Waals surface area (Å²) >= 11 is 5.79. The van der Waals surface area contributed by atoms with Crippen LogP contribution < -0.4 is 15.4 Å². The van der Waals surface area contributed by atoms with E-state index in [-0.39, 0.29) is 17.1 Å². The largest absolute Gasteiger partial charge is 0.367 e. The number of aromatic nitrogens is 2. The fourth-order valence-corrected chi connectivity index (χ4v) is 4.05. The van der Waals surface area contributed by atoms with Crippen molar-refractivity contribution in [3.05, 3.63) is 53.4 Å². The maximum atomic E-state index is 13.3. The molecule has 1 fully saturated rings. The van der Waals surface area contributed by atoms with Gasteiger partial charge in [-0.1, -0.05) is 18.2 Å². The molecular formula is C18H21ClFN5O2S. The van der Waals surface area contributed by atoms with Crippen LogP contribution in [0.3, 0.4) is 0 Å². The second-order valence-electron chi connectivity index (χ2n) is 6.56. The second kappa shape index (κ2) is 8.85. The van der Waals surface area contributed by atoms with Crippen LogP contribution in [0.15, 0.2) is 42.6 Å². The van der Waals surface area contributed by atoms with Crippen molar-refractivity contribution in [2.24, 2.45) is 0 Å². The maximum Gasteiger partial charge on any atom is 0.233 e. The van der Waals surface area contributed by atoms with Crippen LogP contribution in [-0.4, -0.2) is 30.5 Å². The molecule has 1 aromatic carbocycles. The molecule has 1 aliphatic carbocycles. The van der Waals surface area contributed by atoms with Gasteiger partial charge in [0, 0.05) is 29.2 Å². The van der Waals surface area contributed by atoms with E-state index < -0.39 is 15.8 Å². The first kappa shape index (κ1) is 20.5. The van der Waals surface area contributed by atoms with Crippen molar-refractivity contribution in [3.63, 3.8) is 0 Å². The fourth-order valence-electron chi connectivity index (χ4n) is 3.07. The number of anilines is 3. The average molecular weight is 426 g/mol. The third kappa shape index (κ3) is 5.63. The summed E-state index contributed by atoms with van der Waals surface area (Å²) in [4.78, 5) is 8.38. The highest BCUT2D eigenvalue weighted by atomic mass is 35.5. The number of hydrogen-bond acceptors (Lipinski definition) is 6. The van der Waals surface area contributed by atoms with E-state index in [1.807, 2.05) is 0 Å². The molecular weight excluding hydrogens is 405 g/mol. The van der Waals surface area contributed by atoms with Crippen LogP contribution in [-0.2, 0) is 10.0 Å². The minimum Gasteiger partial charge on any atom is -0.367 e. The Morgan fingerprint density at radius 2 is 1.79 bits per heavy atom. The Balaban J connectivity index is 1.56. The monoisotopic (exact) mass is 425 g/mol. The van der Waals surface area contributed by atoms with Gasteiger partial charge in [0.1, 0.15) is 23.8 Å². The van der Waals surface area contributed by atoms with Gasteiger partial charge in [-0.3, -0.25) is 0 Å². The molecule has 0 radical (unpaired) electrons. The predicted octanol–water partition coefficient (Wildman–Crippen LogP) is 3.80. The van der Waals surface area contributed by atoms with Crippen LogP contribution in [0.4, 0.5) is 21.7 Å². The van der Waals surface area contributed by atoms with E-state index >= 15 is 0 Å². The lowest BCUT2D eigenvalue weighted by molar-refractivity contribution is 0.388. The lowest BCUT2D eigenvalue weighted by atomic mass is 9.92. The molecule has 1 aliphatic rings. The standard InChI is InChI=1S/C18H21ClFN5O2S/c1-2-28(26,27)25-13-5-3-12(4-6-13)23-17-10-18(22-11-21-17)24-14-7-8-16(20)15(19)9-14/h2,7-13,25H,1,3-6H2,(H2,21,22,23,24). The molecule has 3 rings (SSSR count). The first-order valence-electron chi connectivity index (χ1n) is 8.80. The van der Waals surface area contributed by atoms with Gasteiger partial charge in [-0.05, 0) is 43.9 Å². The molecule has 0 atom stereocenters. The Kier molecular flexibility index (Phi) is 6.48. The van der Waals surface area contributed by atoms with Crippen LogP contribution in [0.5, 0.6) is 0 Å². The molecule has 150 valence electrons. The maximum absolute atomic E-state index is 13.3. The summed E-state index contributed by atoms with van der Waals surface area (Å²) in [5, 5.41) is 7.37. The Hall–Kier alpha value is -2.23. The zero-order valence-corrected chi connectivity index (χ0v) is 16.6. The number of sulfonamides is 1. The zero-order chi connectivity index (χ0) is 20.1. The van der Waals surface area contributed by atoms with Crippen LogP contribution in [0.25, 0.3) is 0 Å².